The Labute approximate surface area is 164 Å². The second kappa shape index (κ2) is 8.00. The van der Waals surface area contributed by atoms with E-state index in [1.165, 1.54) is 4.90 Å². The summed E-state index contributed by atoms with van der Waals surface area (Å²) in [6.07, 6.45) is 4.26. The molecule has 0 aromatic heterocycles. The first-order valence-electron chi connectivity index (χ1n) is 9.57. The van der Waals surface area contributed by atoms with Gasteiger partial charge < -0.3 is 15.5 Å². The van der Waals surface area contributed by atoms with Gasteiger partial charge in [-0.15, -0.1) is 0 Å². The maximum atomic E-state index is 13.0. The fourth-order valence-corrected chi connectivity index (χ4v) is 4.06. The van der Waals surface area contributed by atoms with Crippen molar-refractivity contribution in [2.45, 2.75) is 44.1 Å². The Hall–Kier alpha value is -2.90. The maximum absolute atomic E-state index is 13.0. The zero-order valence-electron chi connectivity index (χ0n) is 16.3. The number of nitrogens with zero attached hydrogens (tertiary/aromatic N) is 2. The highest BCUT2D eigenvalue weighted by Gasteiger charge is 2.55. The molecule has 2 N–H and O–H groups in total. The van der Waals surface area contributed by atoms with E-state index in [0.717, 1.165) is 24.2 Å². The van der Waals surface area contributed by atoms with Gasteiger partial charge >= 0.3 is 6.03 Å². The Morgan fingerprint density at radius 3 is 2.43 bits per heavy atom. The van der Waals surface area contributed by atoms with Crippen molar-refractivity contribution in [3.63, 3.8) is 0 Å². The molecule has 2 aliphatic rings. The van der Waals surface area contributed by atoms with E-state index in [-0.39, 0.29) is 24.8 Å². The van der Waals surface area contributed by atoms with E-state index >= 15 is 0 Å². The van der Waals surface area contributed by atoms with Gasteiger partial charge in [-0.3, -0.25) is 19.3 Å². The lowest BCUT2D eigenvalue weighted by Gasteiger charge is -2.35. The van der Waals surface area contributed by atoms with Crippen LogP contribution >= 0.6 is 0 Å². The lowest BCUT2D eigenvalue weighted by molar-refractivity contribution is -0.136. The highest BCUT2D eigenvalue weighted by Crippen LogP contribution is 2.39. The van der Waals surface area contributed by atoms with Crippen LogP contribution in [-0.2, 0) is 20.8 Å². The highest BCUT2D eigenvalue weighted by atomic mass is 16.2. The summed E-state index contributed by atoms with van der Waals surface area (Å²) in [5, 5.41) is 5.28. The molecule has 8 nitrogen and oxygen atoms in total. The van der Waals surface area contributed by atoms with Crippen molar-refractivity contribution in [3.8, 4) is 0 Å². The van der Waals surface area contributed by atoms with Gasteiger partial charge in [0.25, 0.3) is 5.91 Å². The number of urea groups is 1. The summed E-state index contributed by atoms with van der Waals surface area (Å²) in [5.41, 5.74) is 0.360. The molecule has 1 aromatic rings. The number of para-hydroxylation sites is 1. The van der Waals surface area contributed by atoms with Crippen molar-refractivity contribution in [3.05, 3.63) is 29.8 Å². The summed E-state index contributed by atoms with van der Waals surface area (Å²) < 4.78 is 0. The van der Waals surface area contributed by atoms with E-state index in [4.69, 9.17) is 0 Å². The summed E-state index contributed by atoms with van der Waals surface area (Å²) in [6.45, 7) is -0.335. The minimum Gasteiger partial charge on any atom is -0.359 e. The van der Waals surface area contributed by atoms with Crippen LogP contribution < -0.4 is 10.6 Å². The number of amides is 5. The molecular formula is C20H26N4O4. The van der Waals surface area contributed by atoms with Crippen molar-refractivity contribution < 1.29 is 19.2 Å². The van der Waals surface area contributed by atoms with Crippen molar-refractivity contribution in [1.82, 2.24) is 15.1 Å². The molecular weight excluding hydrogens is 360 g/mol. The maximum Gasteiger partial charge on any atom is 0.327 e. The molecule has 1 saturated heterocycles. The third-order valence-electron chi connectivity index (χ3n) is 5.71. The number of rotatable bonds is 5. The number of anilines is 1. The third kappa shape index (κ3) is 3.58. The molecule has 1 saturated carbocycles. The van der Waals surface area contributed by atoms with Gasteiger partial charge in [0.2, 0.25) is 11.8 Å². The summed E-state index contributed by atoms with van der Waals surface area (Å²) >= 11 is 0. The largest absolute Gasteiger partial charge is 0.359 e. The van der Waals surface area contributed by atoms with Crippen molar-refractivity contribution in [1.29, 1.82) is 0 Å². The number of carbonyl (C=O) groups excluding carboxylic acids is 4. The van der Waals surface area contributed by atoms with Crippen LogP contribution in [-0.4, -0.2) is 59.7 Å². The topological polar surface area (TPSA) is 98.8 Å². The first-order chi connectivity index (χ1) is 13.4. The van der Waals surface area contributed by atoms with Crippen molar-refractivity contribution in [2.24, 2.45) is 0 Å². The van der Waals surface area contributed by atoms with Gasteiger partial charge in [0.05, 0.1) is 6.42 Å². The fourth-order valence-electron chi connectivity index (χ4n) is 4.06. The molecule has 0 radical (unpaired) electrons. The monoisotopic (exact) mass is 386 g/mol. The van der Waals surface area contributed by atoms with E-state index in [0.29, 0.717) is 24.1 Å². The van der Waals surface area contributed by atoms with Gasteiger partial charge in [0.15, 0.2) is 0 Å². The molecule has 5 amide bonds. The highest BCUT2D eigenvalue weighted by molar-refractivity contribution is 6.10. The summed E-state index contributed by atoms with van der Waals surface area (Å²) in [5.74, 6) is -0.923. The zero-order valence-corrected chi connectivity index (χ0v) is 16.3. The van der Waals surface area contributed by atoms with Gasteiger partial charge in [-0.25, -0.2) is 4.79 Å². The Kier molecular flexibility index (Phi) is 5.67. The standard InChI is InChI=1S/C20H26N4O4/c1-21-16(25)12-14-8-4-5-9-15(14)22-17(26)13-24-18(27)20(23(2)19(24)28)10-6-3-7-11-20/h4-5,8-9H,3,6-7,10-13H2,1-2H3,(H,21,25)(H,22,26). The molecule has 1 heterocycles. The predicted octanol–water partition coefficient (Wildman–Crippen LogP) is 1.51. The van der Waals surface area contributed by atoms with Crippen LogP contribution in [0.25, 0.3) is 0 Å². The Balaban J connectivity index is 1.71. The third-order valence-corrected chi connectivity index (χ3v) is 5.71. The minimum atomic E-state index is -0.799. The van der Waals surface area contributed by atoms with Gasteiger partial charge in [-0.05, 0) is 24.5 Å². The molecule has 150 valence electrons. The summed E-state index contributed by atoms with van der Waals surface area (Å²) in [6, 6.07) is 6.55. The number of benzene rings is 1. The van der Waals surface area contributed by atoms with E-state index in [1.807, 2.05) is 0 Å². The normalized spacial score (nSPS) is 18.5. The van der Waals surface area contributed by atoms with E-state index < -0.39 is 17.5 Å². The minimum absolute atomic E-state index is 0.125. The summed E-state index contributed by atoms with van der Waals surface area (Å²) in [4.78, 5) is 52.4. The first-order valence-corrected chi connectivity index (χ1v) is 9.57. The lowest BCUT2D eigenvalue weighted by Crippen LogP contribution is -2.49. The smallest absolute Gasteiger partial charge is 0.327 e. The van der Waals surface area contributed by atoms with E-state index in [2.05, 4.69) is 10.6 Å². The molecule has 1 aromatic carbocycles. The molecule has 1 aliphatic heterocycles. The van der Waals surface area contributed by atoms with Crippen LogP contribution in [0.5, 0.6) is 0 Å². The second-order valence-electron chi connectivity index (χ2n) is 7.38. The van der Waals surface area contributed by atoms with Gasteiger partial charge in [0, 0.05) is 19.8 Å². The molecule has 3 rings (SSSR count). The molecule has 1 aliphatic carbocycles. The molecule has 2 fully saturated rings. The molecule has 1 spiro atoms. The number of hydrogen-bond donors (Lipinski definition) is 2. The zero-order chi connectivity index (χ0) is 20.3. The number of nitrogens with one attached hydrogen (secondary N) is 2. The average molecular weight is 386 g/mol. The number of likely N-dealkylation sites (N-methyl/N-ethyl adjacent to an activating group) is 2. The van der Waals surface area contributed by atoms with Crippen molar-refractivity contribution in [2.75, 3.05) is 26.0 Å². The van der Waals surface area contributed by atoms with Gasteiger partial charge in [-0.2, -0.15) is 0 Å². The lowest BCUT2D eigenvalue weighted by atomic mass is 9.81. The van der Waals surface area contributed by atoms with Crippen LogP contribution in [0.2, 0.25) is 0 Å². The Morgan fingerprint density at radius 2 is 1.75 bits per heavy atom. The van der Waals surface area contributed by atoms with Crippen LogP contribution in [0.1, 0.15) is 37.7 Å². The Morgan fingerprint density at radius 1 is 1.07 bits per heavy atom. The average Bonchev–Trinajstić information content (AvgIpc) is 2.86. The Bertz CT molecular complexity index is 801. The number of imide groups is 1. The number of carbonyl (C=O) groups is 4. The molecule has 0 unspecified atom stereocenters. The van der Waals surface area contributed by atoms with E-state index in [9.17, 15) is 19.2 Å². The van der Waals surface area contributed by atoms with Crippen LogP contribution in [0.15, 0.2) is 24.3 Å². The van der Waals surface area contributed by atoms with Crippen LogP contribution in [0.3, 0.4) is 0 Å². The van der Waals surface area contributed by atoms with E-state index in [1.54, 1.807) is 38.4 Å². The molecule has 8 heteroatoms. The van der Waals surface area contributed by atoms with Gasteiger partial charge in [0.1, 0.15) is 12.1 Å². The fraction of sp³-hybridized carbons (Fsp3) is 0.500. The number of hydrogen-bond acceptors (Lipinski definition) is 4. The molecule has 0 atom stereocenters. The van der Waals surface area contributed by atoms with Crippen LogP contribution in [0.4, 0.5) is 10.5 Å². The second-order valence-corrected chi connectivity index (χ2v) is 7.38. The first kappa shape index (κ1) is 19.9. The summed E-state index contributed by atoms with van der Waals surface area (Å²) in [7, 11) is 3.19. The SMILES string of the molecule is CNC(=O)Cc1ccccc1NC(=O)CN1C(=O)N(C)C2(CCCCC2)C1=O. The van der Waals surface area contributed by atoms with Crippen LogP contribution in [0, 0.1) is 0 Å². The van der Waals surface area contributed by atoms with Gasteiger partial charge in [-0.1, -0.05) is 37.5 Å². The quantitative estimate of drug-likeness (QED) is 0.750. The molecule has 0 bridgehead atoms. The van der Waals surface area contributed by atoms with Crippen molar-refractivity contribution >= 4 is 29.4 Å². The predicted molar refractivity (Wildman–Crippen MR) is 104 cm³/mol. The molecule has 28 heavy (non-hydrogen) atoms.